The molecule has 0 N–H and O–H groups in total. The largest absolute Gasteiger partial charge is 0.509 e. The van der Waals surface area contributed by atoms with Crippen LogP contribution in [0.3, 0.4) is 0 Å². The first-order valence-corrected chi connectivity index (χ1v) is 22.6. The molecule has 0 bridgehead atoms. The number of anilines is 2. The van der Waals surface area contributed by atoms with Crippen molar-refractivity contribution in [3.63, 3.8) is 0 Å². The van der Waals surface area contributed by atoms with Crippen LogP contribution in [0.25, 0.3) is 38.8 Å². The average Bonchev–Trinajstić information content (AvgIpc) is 3.83. The Balaban J connectivity index is 0.00000612. The van der Waals surface area contributed by atoms with Crippen molar-refractivity contribution in [3.8, 4) is 28.4 Å². The van der Waals surface area contributed by atoms with Gasteiger partial charge in [0.05, 0.1) is 0 Å². The van der Waals surface area contributed by atoms with Gasteiger partial charge in [-0.25, -0.2) is 4.98 Å². The molecule has 0 amide bonds. The molecule has 1 aliphatic heterocycles. The minimum Gasteiger partial charge on any atom is -0.509 e. The van der Waals surface area contributed by atoms with E-state index in [2.05, 4.69) is 233 Å². The zero-order chi connectivity index (χ0) is 45.2. The van der Waals surface area contributed by atoms with Crippen molar-refractivity contribution in [3.05, 3.63) is 162 Å². The maximum absolute atomic E-state index is 6.78. The summed E-state index contributed by atoms with van der Waals surface area (Å²) < 4.78 is 9.02. The third kappa shape index (κ3) is 9.62. The van der Waals surface area contributed by atoms with E-state index in [1.165, 1.54) is 33.4 Å². The summed E-state index contributed by atoms with van der Waals surface area (Å²) in [5.41, 5.74) is 12.9. The van der Waals surface area contributed by atoms with Crippen LogP contribution in [-0.4, -0.2) is 9.55 Å². The normalized spacial score (nSPS) is 13.7. The molecule has 64 heavy (non-hydrogen) atoms. The van der Waals surface area contributed by atoms with E-state index in [0.29, 0.717) is 17.4 Å². The van der Waals surface area contributed by atoms with Crippen molar-refractivity contribution in [2.45, 2.75) is 125 Å². The van der Waals surface area contributed by atoms with Gasteiger partial charge in [0.15, 0.2) is 0 Å². The second-order valence-corrected chi connectivity index (χ2v) is 22.0. The Morgan fingerprint density at radius 3 is 1.95 bits per heavy atom. The van der Waals surface area contributed by atoms with E-state index in [0.717, 1.165) is 51.0 Å². The summed E-state index contributed by atoms with van der Waals surface area (Å²) in [4.78, 5) is 9.36. The molecule has 0 saturated heterocycles. The van der Waals surface area contributed by atoms with E-state index in [-0.39, 0.29) is 42.7 Å². The van der Waals surface area contributed by atoms with Gasteiger partial charge in [-0.3, -0.25) is 0 Å². The van der Waals surface area contributed by atoms with Gasteiger partial charge in [-0.2, -0.15) is 11.6 Å². The molecule has 5 nitrogen and oxygen atoms in total. The van der Waals surface area contributed by atoms with E-state index in [9.17, 15) is 0 Å². The quantitative estimate of drug-likeness (QED) is 0.142. The molecule has 0 fully saturated rings. The molecule has 0 aliphatic carbocycles. The molecular formula is C58H65N4OPt-3. The van der Waals surface area contributed by atoms with E-state index < -0.39 is 0 Å². The van der Waals surface area contributed by atoms with Crippen LogP contribution < -0.4 is 14.5 Å². The standard InChI is InChI=1S/C58H65N4O.Pt/c1-38(2)28-39-29-44(61-27-26-60(37-61)43-19-17-18-41(32-43)55(3,4)5)35-46(30-39)63-45-22-23-48-47-20-15-16-21-51(47)62(52(48)36-45)53-31-40(24-25-59-53)54-49(57(9,10)11)33-42(56(6,7)8)34-50(54)58(12,13)14;/h15-27,29-34,37-38H,28H2,1-14H3;/q-3;. The van der Waals surface area contributed by atoms with E-state index in [4.69, 9.17) is 9.72 Å². The number of aromatic nitrogens is 2. The zero-order valence-electron chi connectivity index (χ0n) is 40.3. The van der Waals surface area contributed by atoms with Gasteiger partial charge in [-0.1, -0.05) is 145 Å². The van der Waals surface area contributed by atoms with E-state index >= 15 is 0 Å². The Kier molecular flexibility index (Phi) is 12.7. The molecule has 0 atom stereocenters. The van der Waals surface area contributed by atoms with Crippen molar-refractivity contribution in [2.75, 3.05) is 9.80 Å². The first kappa shape index (κ1) is 46.9. The number of hydrogen-bond donors (Lipinski definition) is 0. The molecular weight excluding hydrogens is 964 g/mol. The topological polar surface area (TPSA) is 33.5 Å². The summed E-state index contributed by atoms with van der Waals surface area (Å²) in [5.74, 6) is 2.59. The van der Waals surface area contributed by atoms with Crippen LogP contribution in [0.2, 0.25) is 0 Å². The second-order valence-electron chi connectivity index (χ2n) is 22.0. The van der Waals surface area contributed by atoms with Crippen molar-refractivity contribution >= 4 is 33.2 Å². The fraction of sp³-hybridized carbons (Fsp3) is 0.345. The van der Waals surface area contributed by atoms with Crippen LogP contribution in [0, 0.1) is 24.7 Å². The van der Waals surface area contributed by atoms with E-state index in [1.54, 1.807) is 0 Å². The van der Waals surface area contributed by atoms with Crippen LogP contribution in [0.5, 0.6) is 11.5 Å². The van der Waals surface area contributed by atoms with Gasteiger partial charge in [0, 0.05) is 50.0 Å². The maximum atomic E-state index is 6.78. The number of pyridine rings is 1. The monoisotopic (exact) mass is 1030 g/mol. The summed E-state index contributed by atoms with van der Waals surface area (Å²) in [6, 6.07) is 42.5. The predicted octanol–water partition coefficient (Wildman–Crippen LogP) is 15.5. The van der Waals surface area contributed by atoms with Gasteiger partial charge in [-0.15, -0.1) is 48.1 Å². The van der Waals surface area contributed by atoms with Crippen molar-refractivity contribution in [1.82, 2.24) is 9.55 Å². The van der Waals surface area contributed by atoms with Crippen LogP contribution in [0.4, 0.5) is 11.4 Å². The molecule has 6 heteroatoms. The SMILES string of the molecule is CC(C)Cc1cc(Oc2[c-]c3c(cc2)c2ccccc2n3-c2cc(-c3c(C(C)(C)C)cc(C(C)(C)C)cc3C(C)(C)C)ccn2)[c-]c(N2C=CN(c3cccc(C(C)(C)C)c3)[CH-]2)c1.[Pt]. The Bertz CT molecular complexity index is 2820. The number of fused-ring (bicyclic) bond motifs is 3. The maximum Gasteiger partial charge on any atom is 0.136 e. The molecule has 0 radical (unpaired) electrons. The number of benzene rings is 5. The minimum absolute atomic E-state index is 0. The number of hydrogen-bond acceptors (Lipinski definition) is 4. The predicted molar refractivity (Wildman–Crippen MR) is 266 cm³/mol. The average molecular weight is 1030 g/mol. The Hall–Kier alpha value is -5.12. The molecule has 8 rings (SSSR count). The summed E-state index contributed by atoms with van der Waals surface area (Å²) >= 11 is 0. The summed E-state index contributed by atoms with van der Waals surface area (Å²) in [6.07, 6.45) is 7.07. The van der Waals surface area contributed by atoms with Gasteiger partial charge in [0.2, 0.25) is 0 Å². The smallest absolute Gasteiger partial charge is 0.136 e. The molecule has 1 aliphatic rings. The van der Waals surface area contributed by atoms with Crippen molar-refractivity contribution < 1.29 is 25.8 Å². The van der Waals surface area contributed by atoms with Crippen LogP contribution in [-0.2, 0) is 49.1 Å². The summed E-state index contributed by atoms with van der Waals surface area (Å²) in [7, 11) is 0. The van der Waals surface area contributed by atoms with Crippen LogP contribution >= 0.6 is 0 Å². The van der Waals surface area contributed by atoms with Crippen molar-refractivity contribution in [2.24, 2.45) is 5.92 Å². The molecule has 0 saturated carbocycles. The number of para-hydroxylation sites is 1. The van der Waals surface area contributed by atoms with Crippen LogP contribution in [0.15, 0.2) is 116 Å². The molecule has 3 heterocycles. The van der Waals surface area contributed by atoms with E-state index in [1.807, 2.05) is 12.3 Å². The number of rotatable bonds is 8. The van der Waals surface area contributed by atoms with Gasteiger partial charge >= 0.3 is 0 Å². The summed E-state index contributed by atoms with van der Waals surface area (Å²) in [5, 5.41) is 2.24. The first-order valence-electron chi connectivity index (χ1n) is 22.6. The third-order valence-electron chi connectivity index (χ3n) is 12.1. The van der Waals surface area contributed by atoms with Crippen molar-refractivity contribution in [1.29, 1.82) is 0 Å². The molecule has 0 spiro atoms. The molecule has 336 valence electrons. The Labute approximate surface area is 397 Å². The van der Waals surface area contributed by atoms with Crippen LogP contribution in [0.1, 0.15) is 125 Å². The number of nitrogens with zero attached hydrogens (tertiary/aromatic N) is 4. The fourth-order valence-electron chi connectivity index (χ4n) is 8.71. The first-order chi connectivity index (χ1) is 29.5. The Morgan fingerprint density at radius 1 is 0.625 bits per heavy atom. The zero-order valence-corrected chi connectivity index (χ0v) is 42.6. The van der Waals surface area contributed by atoms with Gasteiger partial charge < -0.3 is 19.1 Å². The minimum atomic E-state index is -0.0865. The second kappa shape index (κ2) is 17.4. The van der Waals surface area contributed by atoms with Gasteiger partial charge in [0.25, 0.3) is 0 Å². The summed E-state index contributed by atoms with van der Waals surface area (Å²) in [6.45, 7) is 34.3. The van der Waals surface area contributed by atoms with Gasteiger partial charge in [0.1, 0.15) is 5.82 Å². The fourth-order valence-corrected chi connectivity index (χ4v) is 8.71. The Morgan fingerprint density at radius 2 is 1.30 bits per heavy atom. The molecule has 5 aromatic carbocycles. The number of ether oxygens (including phenoxy) is 1. The molecule has 7 aromatic rings. The molecule has 0 unspecified atom stereocenters. The van der Waals surface area contributed by atoms with Gasteiger partial charge in [-0.05, 0) is 115 Å². The third-order valence-corrected chi connectivity index (χ3v) is 12.1. The molecule has 2 aromatic heterocycles.